The molecule has 1 aliphatic rings. The number of hydrogen-bond donors (Lipinski definition) is 1. The van der Waals surface area contributed by atoms with Crippen molar-refractivity contribution in [1.82, 2.24) is 10.5 Å². The molecule has 2 heterocycles. The average Bonchev–Trinajstić information content (AvgIpc) is 3.19. The van der Waals surface area contributed by atoms with E-state index in [1.807, 2.05) is 43.3 Å². The number of benzene rings is 2. The van der Waals surface area contributed by atoms with Gasteiger partial charge in [0.25, 0.3) is 5.91 Å². The van der Waals surface area contributed by atoms with Crippen LogP contribution in [0.25, 0.3) is 22.6 Å². The first kappa shape index (κ1) is 21.1. The maximum absolute atomic E-state index is 12.1. The van der Waals surface area contributed by atoms with Gasteiger partial charge in [0.15, 0.2) is 12.4 Å². The lowest BCUT2D eigenvalue weighted by molar-refractivity contribution is -0.123. The van der Waals surface area contributed by atoms with Crippen molar-refractivity contribution >= 4 is 5.91 Å². The molecule has 6 nitrogen and oxygen atoms in total. The van der Waals surface area contributed by atoms with Crippen LogP contribution in [-0.2, 0) is 9.53 Å². The van der Waals surface area contributed by atoms with E-state index in [0.717, 1.165) is 54.2 Å². The van der Waals surface area contributed by atoms with E-state index < -0.39 is 0 Å². The van der Waals surface area contributed by atoms with Gasteiger partial charge in [0.1, 0.15) is 11.4 Å². The van der Waals surface area contributed by atoms with Crippen molar-refractivity contribution in [3.05, 3.63) is 59.7 Å². The van der Waals surface area contributed by atoms with Crippen molar-refractivity contribution in [2.24, 2.45) is 5.92 Å². The van der Waals surface area contributed by atoms with Gasteiger partial charge in [0.05, 0.1) is 0 Å². The maximum atomic E-state index is 12.1. The highest BCUT2D eigenvalue weighted by molar-refractivity contribution is 5.77. The Morgan fingerprint density at radius 2 is 1.71 bits per heavy atom. The summed E-state index contributed by atoms with van der Waals surface area (Å²) >= 11 is 0. The lowest BCUT2D eigenvalue weighted by atomic mass is 10.0. The minimum Gasteiger partial charge on any atom is -0.484 e. The van der Waals surface area contributed by atoms with Crippen molar-refractivity contribution in [2.45, 2.75) is 26.7 Å². The zero-order chi connectivity index (χ0) is 21.6. The molecule has 1 aliphatic heterocycles. The molecule has 1 fully saturated rings. The summed E-state index contributed by atoms with van der Waals surface area (Å²) < 4.78 is 16.6. The topological polar surface area (TPSA) is 73.6 Å². The molecular weight excluding hydrogens is 392 g/mol. The Hall–Kier alpha value is -3.12. The standard InChI is InChI=1S/C25H28N2O4/c1-17-3-5-21(6-4-17)25-18(2)24(27-31-25)20-7-9-22(10-8-20)30-16-23(28)26-15-19-11-13-29-14-12-19/h3-10,19H,11-16H2,1-2H3,(H,26,28). The molecule has 0 saturated carbocycles. The molecular formula is C25H28N2O4. The number of nitrogens with one attached hydrogen (secondary N) is 1. The molecule has 4 rings (SSSR count). The number of nitrogens with zero attached hydrogens (tertiary/aromatic N) is 1. The number of aryl methyl sites for hydroxylation is 1. The fraction of sp³-hybridized carbons (Fsp3) is 0.360. The van der Waals surface area contributed by atoms with Crippen LogP contribution in [0, 0.1) is 19.8 Å². The molecule has 3 aromatic rings. The minimum absolute atomic E-state index is 0.00310. The highest BCUT2D eigenvalue weighted by atomic mass is 16.5. The van der Waals surface area contributed by atoms with Gasteiger partial charge in [-0.15, -0.1) is 0 Å². The second kappa shape index (κ2) is 9.79. The van der Waals surface area contributed by atoms with E-state index in [0.29, 0.717) is 18.2 Å². The fourth-order valence-electron chi connectivity index (χ4n) is 3.70. The van der Waals surface area contributed by atoms with E-state index >= 15 is 0 Å². The Kier molecular flexibility index (Phi) is 6.67. The number of carbonyl (C=O) groups excluding carboxylic acids is 1. The highest BCUT2D eigenvalue weighted by Crippen LogP contribution is 2.32. The Bertz CT molecular complexity index is 1000. The number of rotatable bonds is 7. The van der Waals surface area contributed by atoms with Gasteiger partial charge in [-0.05, 0) is 56.9 Å². The van der Waals surface area contributed by atoms with Crippen LogP contribution < -0.4 is 10.1 Å². The minimum atomic E-state index is -0.106. The van der Waals surface area contributed by atoms with Crippen molar-refractivity contribution < 1.29 is 18.8 Å². The summed E-state index contributed by atoms with van der Waals surface area (Å²) in [7, 11) is 0. The number of amides is 1. The SMILES string of the molecule is Cc1ccc(-c2onc(-c3ccc(OCC(=O)NCC4CCOCC4)cc3)c2C)cc1. The average molecular weight is 421 g/mol. The van der Waals surface area contributed by atoms with Crippen molar-refractivity contribution in [3.63, 3.8) is 0 Å². The van der Waals surface area contributed by atoms with E-state index in [4.69, 9.17) is 14.0 Å². The van der Waals surface area contributed by atoms with E-state index in [1.165, 1.54) is 5.56 Å². The van der Waals surface area contributed by atoms with E-state index in [-0.39, 0.29) is 12.5 Å². The lowest BCUT2D eigenvalue weighted by Gasteiger charge is -2.22. The van der Waals surface area contributed by atoms with Gasteiger partial charge in [-0.1, -0.05) is 35.0 Å². The third-order valence-corrected chi connectivity index (χ3v) is 5.66. The summed E-state index contributed by atoms with van der Waals surface area (Å²) in [5.41, 5.74) is 4.94. The summed E-state index contributed by atoms with van der Waals surface area (Å²) in [6.45, 7) is 6.31. The second-order valence-electron chi connectivity index (χ2n) is 8.02. The van der Waals surface area contributed by atoms with Crippen LogP contribution >= 0.6 is 0 Å². The zero-order valence-corrected chi connectivity index (χ0v) is 18.0. The number of aromatic nitrogens is 1. The van der Waals surface area contributed by atoms with Crippen LogP contribution in [0.3, 0.4) is 0 Å². The molecule has 1 aromatic heterocycles. The molecule has 0 bridgehead atoms. The molecule has 162 valence electrons. The first-order chi connectivity index (χ1) is 15.1. The van der Waals surface area contributed by atoms with Gasteiger partial charge in [-0.3, -0.25) is 4.79 Å². The number of ether oxygens (including phenoxy) is 2. The summed E-state index contributed by atoms with van der Waals surface area (Å²) in [4.78, 5) is 12.1. The molecule has 1 N–H and O–H groups in total. The summed E-state index contributed by atoms with van der Waals surface area (Å²) in [5.74, 6) is 1.81. The molecule has 2 aromatic carbocycles. The predicted octanol–water partition coefficient (Wildman–Crippen LogP) is 4.55. The molecule has 0 unspecified atom stereocenters. The molecule has 1 saturated heterocycles. The zero-order valence-electron chi connectivity index (χ0n) is 18.0. The molecule has 6 heteroatoms. The molecule has 0 spiro atoms. The van der Waals surface area contributed by atoms with Gasteiger partial charge in [-0.25, -0.2) is 0 Å². The number of hydrogen-bond acceptors (Lipinski definition) is 5. The van der Waals surface area contributed by atoms with Crippen LogP contribution in [0.1, 0.15) is 24.0 Å². The quantitative estimate of drug-likeness (QED) is 0.607. The second-order valence-corrected chi connectivity index (χ2v) is 8.02. The van der Waals surface area contributed by atoms with Gasteiger partial charge in [-0.2, -0.15) is 0 Å². The maximum Gasteiger partial charge on any atom is 0.257 e. The molecule has 31 heavy (non-hydrogen) atoms. The van der Waals surface area contributed by atoms with Crippen molar-refractivity contribution in [3.8, 4) is 28.3 Å². The van der Waals surface area contributed by atoms with E-state index in [1.54, 1.807) is 0 Å². The van der Waals surface area contributed by atoms with E-state index in [9.17, 15) is 4.79 Å². The monoisotopic (exact) mass is 420 g/mol. The van der Waals surface area contributed by atoms with Crippen LogP contribution in [0.15, 0.2) is 53.1 Å². The Labute approximate surface area is 182 Å². The van der Waals surface area contributed by atoms with Gasteiger partial charge >= 0.3 is 0 Å². The predicted molar refractivity (Wildman–Crippen MR) is 119 cm³/mol. The van der Waals surface area contributed by atoms with Gasteiger partial charge < -0.3 is 19.3 Å². The van der Waals surface area contributed by atoms with Gasteiger partial charge in [0.2, 0.25) is 0 Å². The van der Waals surface area contributed by atoms with Crippen molar-refractivity contribution in [1.29, 1.82) is 0 Å². The molecule has 0 aliphatic carbocycles. The van der Waals surface area contributed by atoms with Crippen LogP contribution in [0.4, 0.5) is 0 Å². The van der Waals surface area contributed by atoms with Crippen LogP contribution in [-0.4, -0.2) is 37.4 Å². The first-order valence-corrected chi connectivity index (χ1v) is 10.7. The Morgan fingerprint density at radius 1 is 1.03 bits per heavy atom. The summed E-state index contributed by atoms with van der Waals surface area (Å²) in [5, 5.41) is 7.22. The summed E-state index contributed by atoms with van der Waals surface area (Å²) in [6.07, 6.45) is 1.99. The third-order valence-electron chi connectivity index (χ3n) is 5.66. The molecule has 0 radical (unpaired) electrons. The van der Waals surface area contributed by atoms with Crippen LogP contribution in [0.2, 0.25) is 0 Å². The highest BCUT2D eigenvalue weighted by Gasteiger charge is 2.16. The van der Waals surface area contributed by atoms with Crippen LogP contribution in [0.5, 0.6) is 5.75 Å². The number of carbonyl (C=O) groups is 1. The Balaban J connectivity index is 1.33. The smallest absolute Gasteiger partial charge is 0.257 e. The summed E-state index contributed by atoms with van der Waals surface area (Å²) in [6, 6.07) is 15.7. The lowest BCUT2D eigenvalue weighted by Crippen LogP contribution is -2.35. The van der Waals surface area contributed by atoms with Gasteiger partial charge in [0, 0.05) is 36.4 Å². The largest absolute Gasteiger partial charge is 0.484 e. The Morgan fingerprint density at radius 3 is 2.42 bits per heavy atom. The molecule has 1 amide bonds. The molecule has 0 atom stereocenters. The normalized spacial score (nSPS) is 14.4. The fourth-order valence-corrected chi connectivity index (χ4v) is 3.70. The van der Waals surface area contributed by atoms with E-state index in [2.05, 4.69) is 29.5 Å². The van der Waals surface area contributed by atoms with Crippen molar-refractivity contribution in [2.75, 3.05) is 26.4 Å². The first-order valence-electron chi connectivity index (χ1n) is 10.7. The third kappa shape index (κ3) is 5.33.